The van der Waals surface area contributed by atoms with Crippen LogP contribution in [0.1, 0.15) is 64.3 Å². The molecule has 200 valence electrons. The maximum atomic E-state index is 13.1. The summed E-state index contributed by atoms with van der Waals surface area (Å²) in [4.78, 5) is 60.6. The summed E-state index contributed by atoms with van der Waals surface area (Å²) < 4.78 is 5.67. The van der Waals surface area contributed by atoms with Crippen molar-refractivity contribution in [1.29, 1.82) is 0 Å². The molecule has 11 heteroatoms. The lowest BCUT2D eigenvalue weighted by molar-refractivity contribution is -0.157. The second-order valence-corrected chi connectivity index (χ2v) is 9.66. The average Bonchev–Trinajstić information content (AvgIpc) is 2.90. The van der Waals surface area contributed by atoms with Crippen LogP contribution >= 0.6 is 0 Å². The van der Waals surface area contributed by atoms with Gasteiger partial charge in [0.05, 0.1) is 22.9 Å². The van der Waals surface area contributed by atoms with Crippen molar-refractivity contribution in [3.05, 3.63) is 53.0 Å². The first kappa shape index (κ1) is 26.9. The van der Waals surface area contributed by atoms with Crippen molar-refractivity contribution in [2.45, 2.75) is 65.1 Å². The molecule has 0 radical (unpaired) electrons. The quantitative estimate of drug-likeness (QED) is 0.354. The lowest BCUT2D eigenvalue weighted by atomic mass is 10.1. The predicted molar refractivity (Wildman–Crippen MR) is 140 cm³/mol. The van der Waals surface area contributed by atoms with Crippen LogP contribution in [0.2, 0.25) is 0 Å². The zero-order chi connectivity index (χ0) is 27.4. The SMILES string of the molecule is CC(C)=C1NC(=O)C/C=C/c2ccc3ncc(nc3c2)[C@@H](C)OC(=O)[C@@H]2CCCN(N2)C(=O)[C@H](C)NC1=O. The second-order valence-electron chi connectivity index (χ2n) is 9.66. The van der Waals surface area contributed by atoms with E-state index >= 15 is 0 Å². The van der Waals surface area contributed by atoms with E-state index in [2.05, 4.69) is 26.0 Å². The molecule has 2 aliphatic rings. The standard InChI is InChI=1S/C27H32N6O5/c1-15(2)24-25(35)29-16(3)26(36)33-12-6-8-20(32-33)27(37)38-17(4)22-14-28-19-11-10-18(13-21(19)30-22)7-5-9-23(34)31-24/h5,7,10-11,13-14,16-17,20,32H,6,8-9,12H2,1-4H3,(H,29,35)(H,31,34)/b7-5+/t16-,17+,20-/m0/s1. The molecule has 1 fully saturated rings. The van der Waals surface area contributed by atoms with Crippen molar-refractivity contribution in [2.75, 3.05) is 6.54 Å². The fourth-order valence-corrected chi connectivity index (χ4v) is 4.24. The maximum absolute atomic E-state index is 13.1. The van der Waals surface area contributed by atoms with Gasteiger partial charge in [0.1, 0.15) is 23.9 Å². The van der Waals surface area contributed by atoms with Crippen molar-refractivity contribution in [3.8, 4) is 0 Å². The summed E-state index contributed by atoms with van der Waals surface area (Å²) in [5, 5.41) is 6.63. The molecule has 3 amide bonds. The van der Waals surface area contributed by atoms with Crippen molar-refractivity contribution in [1.82, 2.24) is 31.0 Å². The minimum Gasteiger partial charge on any atom is -0.455 e. The molecule has 38 heavy (non-hydrogen) atoms. The number of cyclic esters (lactones) is 1. The molecule has 11 nitrogen and oxygen atoms in total. The Balaban J connectivity index is 1.66. The molecule has 1 aromatic carbocycles. The van der Waals surface area contributed by atoms with E-state index in [9.17, 15) is 19.2 Å². The number of benzene rings is 1. The molecule has 0 saturated carbocycles. The van der Waals surface area contributed by atoms with E-state index in [4.69, 9.17) is 4.74 Å². The van der Waals surface area contributed by atoms with Gasteiger partial charge in [0.25, 0.3) is 11.8 Å². The Kier molecular flexibility index (Phi) is 8.16. The Morgan fingerprint density at radius 3 is 2.66 bits per heavy atom. The number of allylic oxidation sites excluding steroid dienone is 1. The smallest absolute Gasteiger partial charge is 0.325 e. The van der Waals surface area contributed by atoms with Gasteiger partial charge >= 0.3 is 5.97 Å². The highest BCUT2D eigenvalue weighted by molar-refractivity contribution is 6.00. The maximum Gasteiger partial charge on any atom is 0.325 e. The number of hydrogen-bond donors (Lipinski definition) is 3. The van der Waals surface area contributed by atoms with Crippen molar-refractivity contribution < 1.29 is 23.9 Å². The molecule has 2 aromatic rings. The Bertz CT molecular complexity index is 1330. The third kappa shape index (κ3) is 6.23. The Labute approximate surface area is 220 Å². The Morgan fingerprint density at radius 2 is 1.89 bits per heavy atom. The summed E-state index contributed by atoms with van der Waals surface area (Å²) >= 11 is 0. The molecular weight excluding hydrogens is 488 g/mol. The van der Waals surface area contributed by atoms with Crippen molar-refractivity contribution in [2.24, 2.45) is 0 Å². The third-order valence-electron chi connectivity index (χ3n) is 6.35. The predicted octanol–water partition coefficient (Wildman–Crippen LogP) is 2.06. The summed E-state index contributed by atoms with van der Waals surface area (Å²) in [6.45, 7) is 7.04. The van der Waals surface area contributed by atoms with Crippen LogP contribution in [-0.4, -0.2) is 57.3 Å². The number of hydrogen-bond acceptors (Lipinski definition) is 8. The highest BCUT2D eigenvalue weighted by Crippen LogP contribution is 2.21. The number of esters is 1. The summed E-state index contributed by atoms with van der Waals surface area (Å²) in [6, 6.07) is 3.88. The molecule has 0 spiro atoms. The van der Waals surface area contributed by atoms with E-state index in [1.54, 1.807) is 46.0 Å². The van der Waals surface area contributed by atoms with Gasteiger partial charge in [-0.3, -0.25) is 29.2 Å². The van der Waals surface area contributed by atoms with Gasteiger partial charge in [0.2, 0.25) is 5.91 Å². The zero-order valence-electron chi connectivity index (χ0n) is 21.9. The minimum absolute atomic E-state index is 0.0361. The molecule has 2 aliphatic heterocycles. The van der Waals surface area contributed by atoms with Crippen LogP contribution in [-0.2, 0) is 23.9 Å². The first-order chi connectivity index (χ1) is 18.1. The van der Waals surface area contributed by atoms with Gasteiger partial charge in [-0.05, 0) is 63.8 Å². The van der Waals surface area contributed by atoms with Crippen LogP contribution in [0.5, 0.6) is 0 Å². The number of rotatable bonds is 0. The van der Waals surface area contributed by atoms with E-state index in [1.807, 2.05) is 18.2 Å². The van der Waals surface area contributed by atoms with Crippen molar-refractivity contribution in [3.63, 3.8) is 0 Å². The van der Waals surface area contributed by atoms with Gasteiger partial charge < -0.3 is 15.4 Å². The number of carbonyl (C=O) groups is 4. The van der Waals surface area contributed by atoms with E-state index in [1.165, 1.54) is 5.01 Å². The Morgan fingerprint density at radius 1 is 1.11 bits per heavy atom. The summed E-state index contributed by atoms with van der Waals surface area (Å²) in [6.07, 6.45) is 5.48. The highest BCUT2D eigenvalue weighted by Gasteiger charge is 2.33. The number of aromatic nitrogens is 2. The fraction of sp³-hybridized carbons (Fsp3) is 0.407. The van der Waals surface area contributed by atoms with Crippen LogP contribution in [0.25, 0.3) is 17.1 Å². The molecule has 1 saturated heterocycles. The number of nitrogens with zero attached hydrogens (tertiary/aromatic N) is 3. The molecule has 3 atom stereocenters. The summed E-state index contributed by atoms with van der Waals surface area (Å²) in [7, 11) is 0. The van der Waals surface area contributed by atoms with E-state index < -0.39 is 36.0 Å². The van der Waals surface area contributed by atoms with E-state index in [0.717, 1.165) is 5.56 Å². The van der Waals surface area contributed by atoms with Crippen LogP contribution in [0, 0.1) is 0 Å². The molecule has 4 rings (SSSR count). The van der Waals surface area contributed by atoms with Gasteiger partial charge in [0, 0.05) is 13.0 Å². The molecule has 3 N–H and O–H groups in total. The van der Waals surface area contributed by atoms with Crippen LogP contribution < -0.4 is 16.1 Å². The lowest BCUT2D eigenvalue weighted by Gasteiger charge is -2.34. The number of carbonyl (C=O) groups excluding carboxylic acids is 4. The van der Waals surface area contributed by atoms with Gasteiger partial charge in [-0.1, -0.05) is 18.2 Å². The van der Waals surface area contributed by atoms with Gasteiger partial charge in [-0.2, -0.15) is 0 Å². The lowest BCUT2D eigenvalue weighted by Crippen LogP contribution is -2.59. The molecule has 1 aromatic heterocycles. The van der Waals surface area contributed by atoms with Gasteiger partial charge in [0.15, 0.2) is 0 Å². The molecule has 3 heterocycles. The van der Waals surface area contributed by atoms with Crippen molar-refractivity contribution >= 4 is 40.8 Å². The van der Waals surface area contributed by atoms with Crippen LogP contribution in [0.3, 0.4) is 0 Å². The molecule has 0 unspecified atom stereocenters. The Hall–Kier alpha value is -4.12. The van der Waals surface area contributed by atoms with Crippen LogP contribution in [0.15, 0.2) is 41.7 Å². The minimum atomic E-state index is -0.905. The molecule has 5 bridgehead atoms. The molecular formula is C27H32N6O5. The van der Waals surface area contributed by atoms with E-state index in [-0.39, 0.29) is 18.0 Å². The normalized spacial score (nSPS) is 24.5. The highest BCUT2D eigenvalue weighted by atomic mass is 16.5. The average molecular weight is 521 g/mol. The second kappa shape index (κ2) is 11.5. The number of nitrogens with one attached hydrogen (secondary N) is 3. The summed E-state index contributed by atoms with van der Waals surface area (Å²) in [5.41, 5.74) is 6.21. The van der Waals surface area contributed by atoms with E-state index in [0.29, 0.717) is 41.7 Å². The van der Waals surface area contributed by atoms with Gasteiger partial charge in [-0.15, -0.1) is 0 Å². The third-order valence-corrected chi connectivity index (χ3v) is 6.35. The van der Waals surface area contributed by atoms with Gasteiger partial charge in [-0.25, -0.2) is 10.4 Å². The monoisotopic (exact) mass is 520 g/mol. The number of amides is 3. The first-order valence-corrected chi connectivity index (χ1v) is 12.6. The topological polar surface area (TPSA) is 143 Å². The first-order valence-electron chi connectivity index (χ1n) is 12.6. The molecule has 0 aliphatic carbocycles. The number of fused-ring (bicyclic) bond motifs is 4. The largest absolute Gasteiger partial charge is 0.455 e. The number of hydrazine groups is 1. The summed E-state index contributed by atoms with van der Waals surface area (Å²) in [5.74, 6) is -1.86. The zero-order valence-corrected chi connectivity index (χ0v) is 21.9. The number of ether oxygens (including phenoxy) is 1. The van der Waals surface area contributed by atoms with Crippen LogP contribution in [0.4, 0.5) is 0 Å². The fourth-order valence-electron chi connectivity index (χ4n) is 4.24.